The largest absolute Gasteiger partial charge is 0.505 e. The molecular formula is C23H28F4O2. The predicted octanol–water partition coefficient (Wildman–Crippen LogP) is 7.49. The predicted molar refractivity (Wildman–Crippen MR) is 111 cm³/mol. The van der Waals surface area contributed by atoms with Gasteiger partial charge in [-0.3, -0.25) is 0 Å². The molecule has 2 atom stereocenters. The third-order valence-corrected chi connectivity index (χ3v) is 3.77. The smallest absolute Gasteiger partial charge is 0.200 e. The zero-order valence-electron chi connectivity index (χ0n) is 17.2. The summed E-state index contributed by atoms with van der Waals surface area (Å²) in [4.78, 5) is 0. The van der Waals surface area contributed by atoms with E-state index in [0.717, 1.165) is 0 Å². The number of rotatable bonds is 9. The number of aliphatic hydroxyl groups is 1. The van der Waals surface area contributed by atoms with Crippen molar-refractivity contribution < 1.29 is 27.4 Å². The van der Waals surface area contributed by atoms with Crippen LogP contribution in [-0.2, 0) is 4.74 Å². The summed E-state index contributed by atoms with van der Waals surface area (Å²) in [6, 6.07) is 0. The number of halogens is 4. The molecule has 0 radical (unpaired) electrons. The van der Waals surface area contributed by atoms with Gasteiger partial charge in [-0.15, -0.1) is 13.2 Å². The van der Waals surface area contributed by atoms with Crippen molar-refractivity contribution in [3.63, 3.8) is 0 Å². The second kappa shape index (κ2) is 14.1. The molecule has 29 heavy (non-hydrogen) atoms. The zero-order valence-corrected chi connectivity index (χ0v) is 17.2. The van der Waals surface area contributed by atoms with Gasteiger partial charge in [0.1, 0.15) is 11.5 Å². The minimum atomic E-state index is -1.52. The quantitative estimate of drug-likeness (QED) is 0.140. The van der Waals surface area contributed by atoms with Crippen LogP contribution in [0.3, 0.4) is 0 Å². The van der Waals surface area contributed by atoms with Crippen molar-refractivity contribution in [2.45, 2.75) is 26.7 Å². The van der Waals surface area contributed by atoms with Gasteiger partial charge in [0.05, 0.1) is 12.7 Å². The van der Waals surface area contributed by atoms with Gasteiger partial charge in [-0.1, -0.05) is 52.0 Å². The molecule has 1 N–H and O–H groups in total. The Morgan fingerprint density at radius 2 is 1.41 bits per heavy atom. The van der Waals surface area contributed by atoms with Crippen molar-refractivity contribution >= 4 is 0 Å². The Morgan fingerprint density at radius 3 is 1.86 bits per heavy atom. The van der Waals surface area contributed by atoms with Crippen LogP contribution in [0.1, 0.15) is 26.7 Å². The molecule has 0 aromatic rings. The lowest BCUT2D eigenvalue weighted by Gasteiger charge is -2.15. The summed E-state index contributed by atoms with van der Waals surface area (Å²) in [5.41, 5.74) is -0.464. The van der Waals surface area contributed by atoms with Gasteiger partial charge in [0, 0.05) is 5.92 Å². The van der Waals surface area contributed by atoms with Gasteiger partial charge >= 0.3 is 0 Å². The molecule has 0 amide bonds. The molecule has 0 aliphatic carbocycles. The lowest BCUT2D eigenvalue weighted by Crippen LogP contribution is -2.04. The minimum Gasteiger partial charge on any atom is -0.505 e. The van der Waals surface area contributed by atoms with Gasteiger partial charge in [0.25, 0.3) is 0 Å². The fourth-order valence-corrected chi connectivity index (χ4v) is 1.84. The van der Waals surface area contributed by atoms with Crippen molar-refractivity contribution in [1.29, 1.82) is 0 Å². The number of ether oxygens (including phenoxy) is 1. The first kappa shape index (κ1) is 28.3. The van der Waals surface area contributed by atoms with E-state index in [2.05, 4.69) is 56.1 Å². The van der Waals surface area contributed by atoms with Crippen LogP contribution in [-0.4, -0.2) is 12.2 Å². The summed E-state index contributed by atoms with van der Waals surface area (Å²) >= 11 is 0. The Balaban J connectivity index is 0. The third kappa shape index (κ3) is 9.70. The van der Waals surface area contributed by atoms with E-state index in [1.54, 1.807) is 13.8 Å². The number of methoxy groups -OCH3 is 1. The van der Waals surface area contributed by atoms with Crippen molar-refractivity contribution in [2.75, 3.05) is 7.11 Å². The van der Waals surface area contributed by atoms with E-state index in [-0.39, 0.29) is 17.4 Å². The molecule has 0 aromatic heterocycles. The molecule has 2 nitrogen and oxygen atoms in total. The van der Waals surface area contributed by atoms with Gasteiger partial charge in [0.15, 0.2) is 17.5 Å². The van der Waals surface area contributed by atoms with Crippen molar-refractivity contribution in [3.8, 4) is 11.8 Å². The minimum absolute atomic E-state index is 0.0345. The van der Waals surface area contributed by atoms with Gasteiger partial charge in [0.2, 0.25) is 5.83 Å². The first-order chi connectivity index (χ1) is 13.4. The van der Waals surface area contributed by atoms with Crippen LogP contribution >= 0.6 is 0 Å². The van der Waals surface area contributed by atoms with Crippen molar-refractivity contribution in [1.82, 2.24) is 0 Å². The highest BCUT2D eigenvalue weighted by molar-refractivity contribution is 5.44. The van der Waals surface area contributed by atoms with Gasteiger partial charge < -0.3 is 9.84 Å². The van der Waals surface area contributed by atoms with Crippen LogP contribution in [0.25, 0.3) is 0 Å². The third-order valence-electron chi connectivity index (χ3n) is 3.77. The van der Waals surface area contributed by atoms with E-state index >= 15 is 0 Å². The molecule has 0 rings (SSSR count). The molecule has 0 heterocycles. The van der Waals surface area contributed by atoms with Gasteiger partial charge in [-0.25, -0.2) is 8.78 Å². The molecule has 6 heteroatoms. The fourth-order valence-electron chi connectivity index (χ4n) is 1.84. The van der Waals surface area contributed by atoms with E-state index in [4.69, 9.17) is 5.11 Å². The number of aliphatic hydroxyl groups excluding tert-OH is 1. The molecular weight excluding hydrogens is 384 g/mol. The molecule has 0 aliphatic heterocycles. The molecule has 0 aliphatic rings. The lowest BCUT2D eigenvalue weighted by molar-refractivity contribution is 0.280. The van der Waals surface area contributed by atoms with E-state index in [1.165, 1.54) is 7.11 Å². The molecule has 0 aromatic carbocycles. The Hall–Kier alpha value is -2.94. The molecule has 0 spiro atoms. The average molecular weight is 412 g/mol. The summed E-state index contributed by atoms with van der Waals surface area (Å²) < 4.78 is 59.0. The van der Waals surface area contributed by atoms with Gasteiger partial charge in [-0.05, 0) is 24.3 Å². The summed E-state index contributed by atoms with van der Waals surface area (Å²) in [6.07, 6.45) is 0.905. The Morgan fingerprint density at radius 1 is 0.897 bits per heavy atom. The Labute approximate surface area is 171 Å². The molecule has 2 unspecified atom stereocenters. The summed E-state index contributed by atoms with van der Waals surface area (Å²) in [5, 5.41) is 8.81. The van der Waals surface area contributed by atoms with Crippen molar-refractivity contribution in [3.05, 3.63) is 85.4 Å². The Kier molecular flexibility index (Phi) is 13.8. The fraction of sp³-hybridized carbons (Fsp3) is 0.304. The number of allylic oxidation sites excluding steroid dienone is 6. The number of hydrogen-bond acceptors (Lipinski definition) is 2. The highest BCUT2D eigenvalue weighted by Gasteiger charge is 2.19. The van der Waals surface area contributed by atoms with Crippen LogP contribution in [0.15, 0.2) is 85.4 Å². The molecule has 0 saturated carbocycles. The summed E-state index contributed by atoms with van der Waals surface area (Å²) in [6.45, 7) is 22.4. The van der Waals surface area contributed by atoms with Crippen LogP contribution in [0.2, 0.25) is 0 Å². The van der Waals surface area contributed by atoms with E-state index in [9.17, 15) is 17.6 Å². The summed E-state index contributed by atoms with van der Waals surface area (Å²) in [7, 11) is 1.18. The molecule has 0 fully saturated rings. The van der Waals surface area contributed by atoms with E-state index < -0.39 is 40.4 Å². The normalized spacial score (nSPS) is 13.8. The monoisotopic (exact) mass is 412 g/mol. The van der Waals surface area contributed by atoms with Crippen molar-refractivity contribution in [2.24, 2.45) is 11.8 Å². The van der Waals surface area contributed by atoms with Gasteiger partial charge in [-0.2, -0.15) is 8.78 Å². The first-order valence-electron chi connectivity index (χ1n) is 8.55. The highest BCUT2D eigenvalue weighted by Crippen LogP contribution is 2.29. The second-order valence-corrected chi connectivity index (χ2v) is 5.98. The lowest BCUT2D eigenvalue weighted by atomic mass is 9.92. The highest BCUT2D eigenvalue weighted by atomic mass is 19.2. The first-order valence-corrected chi connectivity index (χ1v) is 8.55. The Bertz CT molecular complexity index is 763. The number of hydrogen-bond donors (Lipinski definition) is 1. The standard InChI is InChI=1S/C21H24F4O2.C2H4/c1-12(9-11-14(3)18(22)20(24)16(5)26)8-10-13(2)15(4)19(23)21(25)17(6)27-7;1-2/h12-13,26H,3-6,8,10H2,1-2,7H3;1-2H2/b20-18-,21-19-;. The van der Waals surface area contributed by atoms with Crippen LogP contribution in [0.4, 0.5) is 17.6 Å². The molecule has 0 bridgehead atoms. The molecule has 0 saturated heterocycles. The maximum absolute atomic E-state index is 14.0. The second-order valence-electron chi connectivity index (χ2n) is 5.98. The van der Waals surface area contributed by atoms with Crippen LogP contribution < -0.4 is 0 Å². The van der Waals surface area contributed by atoms with Crippen LogP contribution in [0, 0.1) is 23.7 Å². The SMILES string of the molecule is C=C.C=C(O)/C(F)=C(/F)C(=C)C#CC(C)CCC(C)C(=C)/C(F)=C(/F)C(=C)OC. The maximum Gasteiger partial charge on any atom is 0.200 e. The maximum atomic E-state index is 14.0. The van der Waals surface area contributed by atoms with E-state index in [0.29, 0.717) is 12.8 Å². The summed E-state index contributed by atoms with van der Waals surface area (Å²) in [5.74, 6) is -2.28. The average Bonchev–Trinajstić information content (AvgIpc) is 2.73. The molecule has 160 valence electrons. The van der Waals surface area contributed by atoms with Crippen LogP contribution in [0.5, 0.6) is 0 Å². The topological polar surface area (TPSA) is 29.5 Å². The zero-order chi connectivity index (χ0) is 23.3. The van der Waals surface area contributed by atoms with E-state index in [1.807, 2.05) is 0 Å².